The molecular formula is C22H23N5O. The Kier molecular flexibility index (Phi) is 4.00. The van der Waals surface area contributed by atoms with Gasteiger partial charge in [-0.05, 0) is 47.1 Å². The second-order valence-electron chi connectivity index (χ2n) is 8.05. The fourth-order valence-electron chi connectivity index (χ4n) is 5.14. The topological polar surface area (TPSA) is 83.6 Å². The summed E-state index contributed by atoms with van der Waals surface area (Å²) in [7, 11) is 0. The number of amides is 1. The van der Waals surface area contributed by atoms with Crippen LogP contribution >= 0.6 is 0 Å². The molecule has 2 aliphatic rings. The number of hydrogen-bond donors (Lipinski definition) is 2. The van der Waals surface area contributed by atoms with Crippen LogP contribution in [0.15, 0.2) is 54.6 Å². The van der Waals surface area contributed by atoms with Gasteiger partial charge >= 0.3 is 0 Å². The normalized spacial score (nSPS) is 22.3. The molecule has 2 saturated carbocycles. The van der Waals surface area contributed by atoms with Crippen molar-refractivity contribution < 1.29 is 4.79 Å². The Morgan fingerprint density at radius 2 is 1.89 bits per heavy atom. The highest BCUT2D eigenvalue weighted by Gasteiger charge is 2.72. The van der Waals surface area contributed by atoms with Gasteiger partial charge in [0, 0.05) is 12.1 Å². The predicted molar refractivity (Wildman–Crippen MR) is 105 cm³/mol. The van der Waals surface area contributed by atoms with Gasteiger partial charge in [0.1, 0.15) is 0 Å². The number of carbonyl (C=O) groups excluding carboxylic acids is 1. The van der Waals surface area contributed by atoms with Gasteiger partial charge in [-0.2, -0.15) is 5.21 Å². The molecule has 0 saturated heterocycles. The fourth-order valence-corrected chi connectivity index (χ4v) is 5.14. The van der Waals surface area contributed by atoms with Gasteiger partial charge in [0.05, 0.1) is 5.41 Å². The maximum absolute atomic E-state index is 13.4. The minimum absolute atomic E-state index is 0.158. The Hall–Kier alpha value is -3.02. The fraction of sp³-hybridized carbons (Fsp3) is 0.364. The lowest BCUT2D eigenvalue weighted by Gasteiger charge is -2.23. The number of tetrazole rings is 1. The zero-order chi connectivity index (χ0) is 19.0. The molecule has 28 heavy (non-hydrogen) atoms. The van der Waals surface area contributed by atoms with Crippen LogP contribution in [0.2, 0.25) is 0 Å². The van der Waals surface area contributed by atoms with Gasteiger partial charge in [-0.15, -0.1) is 10.2 Å². The van der Waals surface area contributed by atoms with E-state index in [-0.39, 0.29) is 16.7 Å². The molecule has 1 atom stereocenters. The lowest BCUT2D eigenvalue weighted by Crippen LogP contribution is -2.38. The van der Waals surface area contributed by atoms with E-state index in [0.29, 0.717) is 12.4 Å². The molecule has 2 N–H and O–H groups in total. The van der Waals surface area contributed by atoms with E-state index < -0.39 is 0 Å². The van der Waals surface area contributed by atoms with Gasteiger partial charge in [-0.3, -0.25) is 4.79 Å². The van der Waals surface area contributed by atoms with Crippen molar-refractivity contribution >= 4 is 5.91 Å². The minimum atomic E-state index is -0.365. The molecule has 1 heterocycles. The van der Waals surface area contributed by atoms with Gasteiger partial charge in [-0.1, -0.05) is 61.4 Å². The number of benzene rings is 2. The molecule has 1 amide bonds. The number of hydrogen-bond acceptors (Lipinski definition) is 4. The molecule has 142 valence electrons. The maximum Gasteiger partial charge on any atom is 0.231 e. The van der Waals surface area contributed by atoms with E-state index in [1.807, 2.05) is 42.5 Å². The Labute approximate surface area is 163 Å². The molecular weight excluding hydrogens is 350 g/mol. The van der Waals surface area contributed by atoms with Crippen molar-refractivity contribution in [3.63, 3.8) is 0 Å². The smallest absolute Gasteiger partial charge is 0.231 e. The predicted octanol–water partition coefficient (Wildman–Crippen LogP) is 3.39. The lowest BCUT2D eigenvalue weighted by molar-refractivity contribution is -0.124. The Balaban J connectivity index is 1.37. The SMILES string of the molecule is O=C(NCc1cccc(-c2nn[nH]n2)c1)[C@]1(c2ccccc2)CC12CCCC2. The number of H-pyrrole nitrogens is 1. The second-order valence-corrected chi connectivity index (χ2v) is 8.05. The molecule has 0 aliphatic heterocycles. The molecule has 3 aromatic rings. The summed E-state index contributed by atoms with van der Waals surface area (Å²) in [6.45, 7) is 0.495. The van der Waals surface area contributed by atoms with Gasteiger partial charge < -0.3 is 5.32 Å². The first kappa shape index (κ1) is 17.1. The highest BCUT2D eigenvalue weighted by Crippen LogP contribution is 2.72. The van der Waals surface area contributed by atoms with Gasteiger partial charge in [-0.25, -0.2) is 0 Å². The zero-order valence-corrected chi connectivity index (χ0v) is 15.7. The summed E-state index contributed by atoms with van der Waals surface area (Å²) in [6, 6.07) is 18.2. The van der Waals surface area contributed by atoms with Crippen LogP contribution in [-0.2, 0) is 16.8 Å². The monoisotopic (exact) mass is 373 g/mol. The Bertz CT molecular complexity index is 979. The molecule has 1 spiro atoms. The van der Waals surface area contributed by atoms with Crippen molar-refractivity contribution in [1.82, 2.24) is 25.9 Å². The van der Waals surface area contributed by atoms with E-state index in [9.17, 15) is 4.79 Å². The largest absolute Gasteiger partial charge is 0.351 e. The summed E-state index contributed by atoms with van der Waals surface area (Å²) >= 11 is 0. The Morgan fingerprint density at radius 3 is 2.64 bits per heavy atom. The van der Waals surface area contributed by atoms with Crippen LogP contribution in [0.4, 0.5) is 0 Å². The molecule has 2 aliphatic carbocycles. The molecule has 0 radical (unpaired) electrons. The van der Waals surface area contributed by atoms with Crippen molar-refractivity contribution in [2.24, 2.45) is 5.41 Å². The third-order valence-corrected chi connectivity index (χ3v) is 6.58. The first-order valence-electron chi connectivity index (χ1n) is 9.90. The number of nitrogens with zero attached hydrogens (tertiary/aromatic N) is 3. The van der Waals surface area contributed by atoms with Crippen LogP contribution < -0.4 is 5.32 Å². The third kappa shape index (κ3) is 2.63. The minimum Gasteiger partial charge on any atom is -0.351 e. The van der Waals surface area contributed by atoms with Crippen LogP contribution in [0, 0.1) is 5.41 Å². The molecule has 2 fully saturated rings. The molecule has 5 rings (SSSR count). The second kappa shape index (κ2) is 6.55. The van der Waals surface area contributed by atoms with Crippen molar-refractivity contribution in [2.45, 2.75) is 44.1 Å². The highest BCUT2D eigenvalue weighted by atomic mass is 16.2. The van der Waals surface area contributed by atoms with Gasteiger partial charge in [0.15, 0.2) is 0 Å². The number of aromatic nitrogens is 4. The first-order chi connectivity index (χ1) is 13.7. The van der Waals surface area contributed by atoms with Crippen LogP contribution in [0.5, 0.6) is 0 Å². The van der Waals surface area contributed by atoms with Crippen LogP contribution in [0.3, 0.4) is 0 Å². The van der Waals surface area contributed by atoms with E-state index in [2.05, 4.69) is 38.1 Å². The molecule has 0 bridgehead atoms. The van der Waals surface area contributed by atoms with E-state index >= 15 is 0 Å². The van der Waals surface area contributed by atoms with Crippen LogP contribution in [0.25, 0.3) is 11.4 Å². The van der Waals surface area contributed by atoms with E-state index in [1.165, 1.54) is 12.8 Å². The lowest BCUT2D eigenvalue weighted by atomic mass is 9.84. The zero-order valence-electron chi connectivity index (χ0n) is 15.7. The molecule has 0 unspecified atom stereocenters. The number of carbonyl (C=O) groups is 1. The maximum atomic E-state index is 13.4. The molecule has 6 nitrogen and oxygen atoms in total. The standard InChI is InChI=1S/C22H23N5O/c28-20(23-14-16-7-6-8-17(13-16)19-24-26-27-25-19)22(18-9-2-1-3-10-18)15-21(22)11-4-5-12-21/h1-3,6-10,13H,4-5,11-12,14-15H2,(H,23,28)(H,24,25,26,27)/t22-/m1/s1. The third-order valence-electron chi connectivity index (χ3n) is 6.58. The van der Waals surface area contributed by atoms with Crippen molar-refractivity contribution in [2.75, 3.05) is 0 Å². The van der Waals surface area contributed by atoms with Gasteiger partial charge in [0.25, 0.3) is 0 Å². The molecule has 6 heteroatoms. The van der Waals surface area contributed by atoms with E-state index in [4.69, 9.17) is 0 Å². The summed E-state index contributed by atoms with van der Waals surface area (Å²) in [6.07, 6.45) is 5.74. The van der Waals surface area contributed by atoms with Crippen molar-refractivity contribution in [3.05, 3.63) is 65.7 Å². The van der Waals surface area contributed by atoms with E-state index in [1.54, 1.807) is 0 Å². The first-order valence-corrected chi connectivity index (χ1v) is 9.90. The summed E-state index contributed by atoms with van der Waals surface area (Å²) in [4.78, 5) is 13.4. The summed E-state index contributed by atoms with van der Waals surface area (Å²) in [5, 5.41) is 17.4. The molecule has 2 aromatic carbocycles. The van der Waals surface area contributed by atoms with Crippen molar-refractivity contribution in [3.8, 4) is 11.4 Å². The number of aromatic amines is 1. The van der Waals surface area contributed by atoms with Gasteiger partial charge in [0.2, 0.25) is 11.7 Å². The quantitative estimate of drug-likeness (QED) is 0.718. The Morgan fingerprint density at radius 1 is 1.07 bits per heavy atom. The average molecular weight is 373 g/mol. The van der Waals surface area contributed by atoms with Crippen LogP contribution in [0.1, 0.15) is 43.2 Å². The number of rotatable bonds is 5. The average Bonchev–Trinajstić information content (AvgIpc) is 3.12. The molecule has 1 aromatic heterocycles. The highest BCUT2D eigenvalue weighted by molar-refractivity contribution is 5.93. The number of nitrogens with one attached hydrogen (secondary N) is 2. The van der Waals surface area contributed by atoms with Crippen molar-refractivity contribution in [1.29, 1.82) is 0 Å². The summed E-state index contributed by atoms with van der Waals surface area (Å²) < 4.78 is 0. The summed E-state index contributed by atoms with van der Waals surface area (Å²) in [5.41, 5.74) is 2.87. The van der Waals surface area contributed by atoms with E-state index in [0.717, 1.165) is 36.0 Å². The summed E-state index contributed by atoms with van der Waals surface area (Å²) in [5.74, 6) is 0.714. The van der Waals surface area contributed by atoms with Crippen LogP contribution in [-0.4, -0.2) is 26.5 Å².